The third-order valence-electron chi connectivity index (χ3n) is 5.65. The second-order valence-electron chi connectivity index (χ2n) is 7.43. The lowest BCUT2D eigenvalue weighted by Gasteiger charge is -2.17. The Bertz CT molecular complexity index is 998. The summed E-state index contributed by atoms with van der Waals surface area (Å²) >= 11 is 0. The van der Waals surface area contributed by atoms with Crippen LogP contribution >= 0.6 is 0 Å². The van der Waals surface area contributed by atoms with E-state index in [1.54, 1.807) is 0 Å². The molecule has 3 heterocycles. The molecule has 0 unspecified atom stereocenters. The number of carbonyl (C=O) groups is 1. The number of likely N-dealkylation sites (tertiary alicyclic amines) is 1. The number of hydrogen-bond donors (Lipinski definition) is 1. The first-order valence-electron chi connectivity index (χ1n) is 9.04. The van der Waals surface area contributed by atoms with E-state index >= 15 is 0 Å². The van der Waals surface area contributed by atoms with Gasteiger partial charge in [0, 0.05) is 31.6 Å². The summed E-state index contributed by atoms with van der Waals surface area (Å²) in [6.45, 7) is 7.17. The predicted molar refractivity (Wildman–Crippen MR) is 102 cm³/mol. The van der Waals surface area contributed by atoms with E-state index in [1.165, 1.54) is 5.56 Å². The lowest BCUT2D eigenvalue weighted by atomic mass is 10.0. The molecule has 5 heteroatoms. The molecule has 1 aliphatic rings. The van der Waals surface area contributed by atoms with E-state index < -0.39 is 0 Å². The lowest BCUT2D eigenvalue weighted by molar-refractivity contribution is 0.0779. The highest BCUT2D eigenvalue weighted by molar-refractivity contribution is 6.02. The molecular weight excluding hydrogens is 326 g/mol. The average molecular weight is 351 g/mol. The molecule has 1 fully saturated rings. The molecule has 2 N–H and O–H groups in total. The number of fused-ring (bicyclic) bond motifs is 1. The molecule has 5 nitrogen and oxygen atoms in total. The summed E-state index contributed by atoms with van der Waals surface area (Å²) in [5.41, 5.74) is 10.4. The van der Waals surface area contributed by atoms with Crippen LogP contribution in [0.15, 0.2) is 34.7 Å². The second kappa shape index (κ2) is 6.02. The fourth-order valence-corrected chi connectivity index (χ4v) is 4.30. The maximum Gasteiger partial charge on any atom is 0.270 e. The van der Waals surface area contributed by atoms with Gasteiger partial charge in [-0.15, -0.1) is 0 Å². The van der Waals surface area contributed by atoms with E-state index in [1.807, 2.05) is 48.6 Å². The van der Waals surface area contributed by atoms with Crippen molar-refractivity contribution in [3.63, 3.8) is 0 Å². The number of hydrogen-bond acceptors (Lipinski definition) is 3. The summed E-state index contributed by atoms with van der Waals surface area (Å²) in [6, 6.07) is 10.0. The number of carbonyl (C=O) groups excluding carboxylic acids is 1. The Labute approximate surface area is 153 Å². The van der Waals surface area contributed by atoms with Crippen LogP contribution < -0.4 is 5.73 Å². The minimum absolute atomic E-state index is 0.0434. The van der Waals surface area contributed by atoms with Gasteiger partial charge in [-0.25, -0.2) is 0 Å². The zero-order chi connectivity index (χ0) is 18.6. The molecule has 0 saturated carbocycles. The van der Waals surface area contributed by atoms with E-state index in [9.17, 15) is 4.79 Å². The van der Waals surface area contributed by atoms with Crippen molar-refractivity contribution >= 4 is 16.8 Å². The molecule has 1 amide bonds. The molecule has 1 aliphatic heterocycles. The maximum atomic E-state index is 13.3. The lowest BCUT2D eigenvalue weighted by Crippen LogP contribution is -2.33. The van der Waals surface area contributed by atoms with Gasteiger partial charge in [-0.1, -0.05) is 18.2 Å². The first kappa shape index (κ1) is 16.9. The molecule has 1 aromatic carbocycles. The molecule has 0 bridgehead atoms. The zero-order valence-electron chi connectivity index (χ0n) is 15.7. The Balaban J connectivity index is 1.69. The van der Waals surface area contributed by atoms with Gasteiger partial charge >= 0.3 is 0 Å². The number of aromatic nitrogens is 1. The third-order valence-corrected chi connectivity index (χ3v) is 5.65. The smallest absolute Gasteiger partial charge is 0.270 e. The van der Waals surface area contributed by atoms with Crippen LogP contribution in [0.3, 0.4) is 0 Å². The minimum Gasteiger partial charge on any atom is -0.466 e. The standard InChI is InChI=1S/C21H25N3O2/c1-12-6-5-7-15-14(3)20(23(4)19(12)15)21(25)24-10-16(17(22)11-24)18-9-8-13(2)26-18/h5-9,16-17H,10-11,22H2,1-4H3/t16-,17-/m0/s1. The fourth-order valence-electron chi connectivity index (χ4n) is 4.30. The molecule has 0 spiro atoms. The van der Waals surface area contributed by atoms with Crippen LogP contribution in [0.4, 0.5) is 0 Å². The average Bonchev–Trinajstić information content (AvgIpc) is 3.25. The fraction of sp³-hybridized carbons (Fsp3) is 0.381. The normalized spacial score (nSPS) is 20.3. The van der Waals surface area contributed by atoms with Crippen LogP contribution in [-0.4, -0.2) is 34.5 Å². The Morgan fingerprint density at radius 3 is 2.58 bits per heavy atom. The summed E-state index contributed by atoms with van der Waals surface area (Å²) < 4.78 is 7.79. The van der Waals surface area contributed by atoms with Crippen LogP contribution in [0, 0.1) is 20.8 Å². The van der Waals surface area contributed by atoms with Crippen LogP contribution in [-0.2, 0) is 7.05 Å². The van der Waals surface area contributed by atoms with E-state index in [0.717, 1.165) is 33.7 Å². The number of nitrogens with two attached hydrogens (primary N) is 1. The number of amides is 1. The SMILES string of the molecule is Cc1ccc([C@H]2CN(C(=O)c3c(C)c4cccc(C)c4n3C)C[C@@H]2N)o1. The van der Waals surface area contributed by atoms with Crippen LogP contribution in [0.5, 0.6) is 0 Å². The number of furan rings is 1. The summed E-state index contributed by atoms with van der Waals surface area (Å²) in [5.74, 6) is 1.83. The van der Waals surface area contributed by atoms with Crippen LogP contribution in [0.2, 0.25) is 0 Å². The molecule has 4 rings (SSSR count). The second-order valence-corrected chi connectivity index (χ2v) is 7.43. The summed E-state index contributed by atoms with van der Waals surface area (Å²) in [4.78, 5) is 15.2. The van der Waals surface area contributed by atoms with Gasteiger partial charge in [0.1, 0.15) is 17.2 Å². The molecule has 1 saturated heterocycles. The Kier molecular flexibility index (Phi) is 3.92. The molecule has 2 atom stereocenters. The maximum absolute atomic E-state index is 13.3. The van der Waals surface area contributed by atoms with Gasteiger partial charge in [-0.05, 0) is 44.0 Å². The van der Waals surface area contributed by atoms with E-state index in [-0.39, 0.29) is 17.9 Å². The van der Waals surface area contributed by atoms with Gasteiger partial charge in [-0.2, -0.15) is 0 Å². The minimum atomic E-state index is -0.110. The number of rotatable bonds is 2. The molecule has 0 radical (unpaired) electrons. The van der Waals surface area contributed by atoms with Gasteiger partial charge in [-0.3, -0.25) is 4.79 Å². The van der Waals surface area contributed by atoms with Crippen molar-refractivity contribution in [1.29, 1.82) is 0 Å². The first-order valence-corrected chi connectivity index (χ1v) is 9.04. The van der Waals surface area contributed by atoms with Crippen molar-refractivity contribution < 1.29 is 9.21 Å². The summed E-state index contributed by atoms with van der Waals surface area (Å²) in [7, 11) is 1.97. The molecule has 0 aliphatic carbocycles. The Morgan fingerprint density at radius 1 is 1.15 bits per heavy atom. The quantitative estimate of drug-likeness (QED) is 0.771. The number of benzene rings is 1. The molecule has 3 aromatic rings. The highest BCUT2D eigenvalue weighted by Crippen LogP contribution is 2.32. The van der Waals surface area contributed by atoms with Gasteiger partial charge in [0.05, 0.1) is 11.4 Å². The summed E-state index contributed by atoms with van der Waals surface area (Å²) in [5, 5.41) is 1.14. The largest absolute Gasteiger partial charge is 0.466 e. The highest BCUT2D eigenvalue weighted by atomic mass is 16.3. The van der Waals surface area contributed by atoms with Gasteiger partial charge in [0.2, 0.25) is 0 Å². The number of para-hydroxylation sites is 1. The van der Waals surface area contributed by atoms with Crippen molar-refractivity contribution in [2.24, 2.45) is 12.8 Å². The first-order chi connectivity index (χ1) is 12.4. The van der Waals surface area contributed by atoms with Gasteiger partial charge in [0.15, 0.2) is 0 Å². The zero-order valence-corrected chi connectivity index (χ0v) is 15.7. The van der Waals surface area contributed by atoms with Crippen LogP contribution in [0.25, 0.3) is 10.9 Å². The predicted octanol–water partition coefficient (Wildman–Crippen LogP) is 3.26. The van der Waals surface area contributed by atoms with E-state index in [0.29, 0.717) is 13.1 Å². The van der Waals surface area contributed by atoms with Crippen molar-refractivity contribution in [2.45, 2.75) is 32.7 Å². The topological polar surface area (TPSA) is 64.4 Å². The highest BCUT2D eigenvalue weighted by Gasteiger charge is 2.37. The van der Waals surface area contributed by atoms with Crippen molar-refractivity contribution in [3.05, 3.63) is 58.7 Å². The van der Waals surface area contributed by atoms with E-state index in [4.69, 9.17) is 10.2 Å². The van der Waals surface area contributed by atoms with E-state index in [2.05, 4.69) is 19.1 Å². The summed E-state index contributed by atoms with van der Waals surface area (Å²) in [6.07, 6.45) is 0. The van der Waals surface area contributed by atoms with Gasteiger partial charge in [0.25, 0.3) is 5.91 Å². The molecular formula is C21H25N3O2. The third kappa shape index (κ3) is 2.46. The van der Waals surface area contributed by atoms with Crippen LogP contribution in [0.1, 0.15) is 39.1 Å². The number of nitrogens with zero attached hydrogens (tertiary/aromatic N) is 2. The van der Waals surface area contributed by atoms with Gasteiger partial charge < -0.3 is 19.6 Å². The Morgan fingerprint density at radius 2 is 1.92 bits per heavy atom. The number of aryl methyl sites for hydroxylation is 4. The van der Waals surface area contributed by atoms with Crippen molar-refractivity contribution in [3.8, 4) is 0 Å². The Hall–Kier alpha value is -2.53. The van der Waals surface area contributed by atoms with Crippen molar-refractivity contribution in [2.75, 3.05) is 13.1 Å². The monoisotopic (exact) mass is 351 g/mol. The van der Waals surface area contributed by atoms with Crippen molar-refractivity contribution in [1.82, 2.24) is 9.47 Å². The molecule has 136 valence electrons. The molecule has 26 heavy (non-hydrogen) atoms. The molecule has 2 aromatic heterocycles.